The van der Waals surface area contributed by atoms with E-state index in [9.17, 15) is 4.79 Å². The number of benzene rings is 1. The minimum atomic E-state index is -0.0260. The van der Waals surface area contributed by atoms with Crippen LogP contribution in [-0.2, 0) is 11.3 Å². The van der Waals surface area contributed by atoms with Crippen LogP contribution in [0.4, 0.5) is 0 Å². The fraction of sp³-hybridized carbons (Fsp3) is 0.222. The Hall–Kier alpha value is -2.11. The lowest BCUT2D eigenvalue weighted by atomic mass is 10.2. The van der Waals surface area contributed by atoms with Crippen LogP contribution in [0.5, 0.6) is 0 Å². The van der Waals surface area contributed by atoms with E-state index in [1.165, 1.54) is 11.3 Å². The number of nitrogens with zero attached hydrogens (tertiary/aromatic N) is 3. The summed E-state index contributed by atoms with van der Waals surface area (Å²) in [5.74, 6) is -0.0260. The molecular weight excluding hydrogens is 342 g/mol. The molecule has 0 N–H and O–H groups in total. The van der Waals surface area contributed by atoms with Gasteiger partial charge in [0.05, 0.1) is 5.69 Å². The van der Waals surface area contributed by atoms with Gasteiger partial charge in [0.15, 0.2) is 10.1 Å². The smallest absolute Gasteiger partial charge is 0.246 e. The van der Waals surface area contributed by atoms with Gasteiger partial charge in [-0.15, -0.1) is 11.3 Å². The summed E-state index contributed by atoms with van der Waals surface area (Å²) in [5.41, 5.74) is 1.85. The highest BCUT2D eigenvalue weighted by molar-refractivity contribution is 7.15. The number of rotatable bonds is 6. The summed E-state index contributed by atoms with van der Waals surface area (Å²) >= 11 is 7.67. The molecule has 0 unspecified atom stereocenters. The van der Waals surface area contributed by atoms with Gasteiger partial charge in [0.2, 0.25) is 5.91 Å². The lowest BCUT2D eigenvalue weighted by Gasteiger charge is -2.20. The van der Waals surface area contributed by atoms with E-state index in [0.717, 1.165) is 22.6 Å². The van der Waals surface area contributed by atoms with Gasteiger partial charge < -0.3 is 4.90 Å². The zero-order valence-corrected chi connectivity index (χ0v) is 14.9. The summed E-state index contributed by atoms with van der Waals surface area (Å²) < 4.78 is 1.89. The third-order valence-electron chi connectivity index (χ3n) is 3.66. The molecule has 4 nitrogen and oxygen atoms in total. The Bertz CT molecular complexity index is 854. The van der Waals surface area contributed by atoms with Crippen molar-refractivity contribution < 1.29 is 4.79 Å². The van der Waals surface area contributed by atoms with E-state index in [4.69, 9.17) is 11.6 Å². The molecule has 0 radical (unpaired) electrons. The summed E-state index contributed by atoms with van der Waals surface area (Å²) in [6, 6.07) is 10.0. The number of aromatic nitrogens is 2. The van der Waals surface area contributed by atoms with Crippen LogP contribution in [0.1, 0.15) is 24.6 Å². The molecule has 2 aromatic heterocycles. The summed E-state index contributed by atoms with van der Waals surface area (Å²) in [5, 5.41) is 2.35. The van der Waals surface area contributed by atoms with Crippen molar-refractivity contribution in [2.45, 2.75) is 19.9 Å². The van der Waals surface area contributed by atoms with Gasteiger partial charge in [-0.05, 0) is 18.1 Å². The van der Waals surface area contributed by atoms with Crippen molar-refractivity contribution in [1.29, 1.82) is 0 Å². The normalized spacial score (nSPS) is 11.4. The minimum Gasteiger partial charge on any atom is -0.335 e. The van der Waals surface area contributed by atoms with Gasteiger partial charge in [-0.2, -0.15) is 0 Å². The largest absolute Gasteiger partial charge is 0.335 e. The Balaban J connectivity index is 1.77. The molecule has 1 aromatic carbocycles. The van der Waals surface area contributed by atoms with Crippen LogP contribution in [0.2, 0.25) is 5.15 Å². The maximum Gasteiger partial charge on any atom is 0.246 e. The number of halogens is 1. The number of thiazole rings is 1. The number of carbonyl (C=O) groups is 1. The predicted molar refractivity (Wildman–Crippen MR) is 99.3 cm³/mol. The Morgan fingerprint density at radius 3 is 2.92 bits per heavy atom. The Labute approximate surface area is 150 Å². The molecule has 24 heavy (non-hydrogen) atoms. The highest BCUT2D eigenvalue weighted by atomic mass is 35.5. The average molecular weight is 360 g/mol. The average Bonchev–Trinajstić information content (AvgIpc) is 3.14. The topological polar surface area (TPSA) is 37.6 Å². The highest BCUT2D eigenvalue weighted by Crippen LogP contribution is 2.22. The van der Waals surface area contributed by atoms with Crippen LogP contribution in [0.15, 0.2) is 48.0 Å². The fourth-order valence-corrected chi connectivity index (χ4v) is 3.53. The van der Waals surface area contributed by atoms with E-state index in [0.29, 0.717) is 18.2 Å². The second kappa shape index (κ2) is 7.64. The van der Waals surface area contributed by atoms with Crippen molar-refractivity contribution in [1.82, 2.24) is 14.3 Å². The molecule has 0 bridgehead atoms. The van der Waals surface area contributed by atoms with Gasteiger partial charge >= 0.3 is 0 Å². The number of imidazole rings is 1. The molecule has 1 amide bonds. The fourth-order valence-electron chi connectivity index (χ4n) is 2.52. The third kappa shape index (κ3) is 3.68. The number of carbonyl (C=O) groups excluding carboxylic acids is 1. The van der Waals surface area contributed by atoms with Gasteiger partial charge in [0, 0.05) is 30.7 Å². The van der Waals surface area contributed by atoms with Gasteiger partial charge in [0.25, 0.3) is 0 Å². The molecule has 3 rings (SSSR count). The second-order valence-corrected chi connectivity index (χ2v) is 6.65. The van der Waals surface area contributed by atoms with E-state index >= 15 is 0 Å². The molecule has 0 aliphatic rings. The first-order valence-corrected chi connectivity index (χ1v) is 9.06. The first-order valence-electron chi connectivity index (χ1n) is 7.81. The van der Waals surface area contributed by atoms with Crippen molar-refractivity contribution in [2.75, 3.05) is 6.54 Å². The van der Waals surface area contributed by atoms with E-state index in [1.54, 1.807) is 12.2 Å². The summed E-state index contributed by atoms with van der Waals surface area (Å²) in [4.78, 5) is 19.5. The third-order valence-corrected chi connectivity index (χ3v) is 4.69. The summed E-state index contributed by atoms with van der Waals surface area (Å²) in [6.07, 6.45) is 6.13. The maximum atomic E-state index is 12.6. The minimum absolute atomic E-state index is 0.0260. The maximum absolute atomic E-state index is 12.6. The van der Waals surface area contributed by atoms with Crippen LogP contribution in [0, 0.1) is 0 Å². The number of hydrogen-bond acceptors (Lipinski definition) is 3. The molecule has 2 heterocycles. The van der Waals surface area contributed by atoms with E-state index in [1.807, 2.05) is 51.2 Å². The van der Waals surface area contributed by atoms with Gasteiger partial charge in [-0.25, -0.2) is 4.98 Å². The molecule has 0 saturated carbocycles. The monoisotopic (exact) mass is 359 g/mol. The van der Waals surface area contributed by atoms with Gasteiger partial charge in [-0.1, -0.05) is 48.9 Å². The van der Waals surface area contributed by atoms with Crippen LogP contribution < -0.4 is 0 Å². The molecule has 6 heteroatoms. The lowest BCUT2D eigenvalue weighted by Crippen LogP contribution is -2.29. The van der Waals surface area contributed by atoms with E-state index in [2.05, 4.69) is 11.9 Å². The van der Waals surface area contributed by atoms with Gasteiger partial charge in [0.1, 0.15) is 0 Å². The molecule has 0 atom stereocenters. The number of hydrogen-bond donors (Lipinski definition) is 0. The predicted octanol–water partition coefficient (Wildman–Crippen LogP) is 4.50. The van der Waals surface area contributed by atoms with Crippen molar-refractivity contribution in [3.8, 4) is 0 Å². The number of amides is 1. The number of fused-ring (bicyclic) bond motifs is 1. The van der Waals surface area contributed by atoms with Crippen LogP contribution >= 0.6 is 22.9 Å². The molecule has 0 aliphatic carbocycles. The first kappa shape index (κ1) is 16.7. The van der Waals surface area contributed by atoms with Gasteiger partial charge in [-0.3, -0.25) is 9.20 Å². The van der Waals surface area contributed by atoms with E-state index < -0.39 is 0 Å². The zero-order chi connectivity index (χ0) is 16.9. The van der Waals surface area contributed by atoms with E-state index in [-0.39, 0.29) is 5.91 Å². The molecule has 0 spiro atoms. The Morgan fingerprint density at radius 1 is 1.38 bits per heavy atom. The molecule has 124 valence electrons. The lowest BCUT2D eigenvalue weighted by molar-refractivity contribution is -0.126. The molecule has 3 aromatic rings. The molecule has 0 aliphatic heterocycles. The Kier molecular flexibility index (Phi) is 5.33. The SMILES string of the molecule is CCCN(Cc1ccccc1)C(=O)/C=C/c1c(Cl)nc2sccn12. The second-order valence-electron chi connectivity index (χ2n) is 5.42. The van der Waals surface area contributed by atoms with Crippen LogP contribution in [0.25, 0.3) is 11.0 Å². The molecular formula is C18H18ClN3OS. The standard InChI is InChI=1S/C18H18ClN3OS/c1-2-10-21(13-14-6-4-3-5-7-14)16(23)9-8-15-17(19)20-18-22(15)11-12-24-18/h3-9,11-12H,2,10,13H2,1H3/b9-8+. The quantitative estimate of drug-likeness (QED) is 0.607. The molecule has 0 fully saturated rings. The van der Waals surface area contributed by atoms with Crippen molar-refractivity contribution in [3.63, 3.8) is 0 Å². The highest BCUT2D eigenvalue weighted by Gasteiger charge is 2.12. The van der Waals surface area contributed by atoms with Crippen molar-refractivity contribution >= 4 is 39.9 Å². The van der Waals surface area contributed by atoms with Crippen molar-refractivity contribution in [2.24, 2.45) is 0 Å². The molecule has 0 saturated heterocycles. The zero-order valence-electron chi connectivity index (χ0n) is 13.4. The summed E-state index contributed by atoms with van der Waals surface area (Å²) in [6.45, 7) is 3.38. The first-order chi connectivity index (χ1) is 11.7. The summed E-state index contributed by atoms with van der Waals surface area (Å²) in [7, 11) is 0. The van der Waals surface area contributed by atoms with Crippen molar-refractivity contribution in [3.05, 3.63) is 64.4 Å². The Morgan fingerprint density at radius 2 is 2.17 bits per heavy atom. The van der Waals surface area contributed by atoms with Crippen LogP contribution in [-0.4, -0.2) is 26.7 Å². The van der Waals surface area contributed by atoms with Crippen LogP contribution in [0.3, 0.4) is 0 Å².